The average molecular weight is 494 g/mol. The van der Waals surface area contributed by atoms with Crippen molar-refractivity contribution in [2.75, 3.05) is 38.0 Å². The quantitative estimate of drug-likeness (QED) is 0.557. The van der Waals surface area contributed by atoms with Gasteiger partial charge in [-0.2, -0.15) is 4.31 Å². The number of benzene rings is 2. The van der Waals surface area contributed by atoms with Crippen LogP contribution >= 0.6 is 23.2 Å². The van der Waals surface area contributed by atoms with Gasteiger partial charge in [-0.3, -0.25) is 4.90 Å². The maximum absolute atomic E-state index is 13.0. The molecule has 1 atom stereocenters. The minimum atomic E-state index is -3.60. The zero-order chi connectivity index (χ0) is 22.9. The highest BCUT2D eigenvalue weighted by atomic mass is 35.5. The highest BCUT2D eigenvalue weighted by Crippen LogP contribution is 2.27. The summed E-state index contributed by atoms with van der Waals surface area (Å²) in [6, 6.07) is 10.6. The van der Waals surface area contributed by atoms with Gasteiger partial charge >= 0.3 is 0 Å². The lowest BCUT2D eigenvalue weighted by Gasteiger charge is -2.35. The molecular weight excluding hydrogens is 469 g/mol. The summed E-state index contributed by atoms with van der Waals surface area (Å²) in [5.74, 6) is 0.812. The molecule has 1 aliphatic heterocycles. The van der Waals surface area contributed by atoms with Gasteiger partial charge in [0, 0.05) is 44.2 Å². The maximum atomic E-state index is 13.0. The van der Waals surface area contributed by atoms with Crippen LogP contribution in [0.1, 0.15) is 12.5 Å². The Morgan fingerprint density at radius 1 is 1.06 bits per heavy atom. The minimum Gasteiger partial charge on any atom is -0.366 e. The minimum absolute atomic E-state index is 0.131. The Morgan fingerprint density at radius 2 is 1.81 bits per heavy atom. The summed E-state index contributed by atoms with van der Waals surface area (Å²) in [7, 11) is -3.60. The van der Waals surface area contributed by atoms with E-state index in [1.165, 1.54) is 22.5 Å². The fourth-order valence-electron chi connectivity index (χ4n) is 3.96. The topological polar surface area (TPSA) is 78.4 Å². The molecule has 1 fully saturated rings. The molecule has 0 saturated carbocycles. The van der Waals surface area contributed by atoms with Gasteiger partial charge in [-0.25, -0.2) is 18.4 Å². The van der Waals surface area contributed by atoms with Gasteiger partial charge in [-0.05, 0) is 43.7 Å². The number of halogens is 2. The van der Waals surface area contributed by atoms with Gasteiger partial charge in [0.1, 0.15) is 12.1 Å². The van der Waals surface area contributed by atoms with Crippen LogP contribution in [0.15, 0.2) is 47.6 Å². The van der Waals surface area contributed by atoms with Crippen molar-refractivity contribution >= 4 is 49.9 Å². The molecule has 170 valence electrons. The van der Waals surface area contributed by atoms with Crippen molar-refractivity contribution < 1.29 is 8.42 Å². The Morgan fingerprint density at radius 3 is 2.53 bits per heavy atom. The summed E-state index contributed by atoms with van der Waals surface area (Å²) in [5, 5.41) is 5.06. The molecule has 32 heavy (non-hydrogen) atoms. The van der Waals surface area contributed by atoms with E-state index >= 15 is 0 Å². The molecule has 2 aromatic carbocycles. The molecule has 0 aliphatic carbocycles. The number of fused-ring (bicyclic) bond motifs is 1. The standard InChI is InChI=1S/C22H25Cl2N5O2S/c1-15-4-3-5-18-21(15)25-14-26-22(18)27-16(2)13-28-8-10-29(11-9-28)32(30,31)17-6-7-19(23)20(24)12-17/h3-7,12,14,16H,8-11,13H2,1-2H3,(H,25,26,27). The molecule has 7 nitrogen and oxygen atoms in total. The lowest BCUT2D eigenvalue weighted by atomic mass is 10.1. The molecule has 0 spiro atoms. The number of rotatable bonds is 6. The van der Waals surface area contributed by atoms with Crippen LogP contribution in [0.25, 0.3) is 10.9 Å². The fraction of sp³-hybridized carbons (Fsp3) is 0.364. The van der Waals surface area contributed by atoms with Crippen molar-refractivity contribution in [1.82, 2.24) is 19.2 Å². The predicted molar refractivity (Wildman–Crippen MR) is 129 cm³/mol. The largest absolute Gasteiger partial charge is 0.366 e. The van der Waals surface area contributed by atoms with Crippen molar-refractivity contribution in [2.45, 2.75) is 24.8 Å². The van der Waals surface area contributed by atoms with Crippen molar-refractivity contribution in [1.29, 1.82) is 0 Å². The summed E-state index contributed by atoms with van der Waals surface area (Å²) < 4.78 is 27.4. The van der Waals surface area contributed by atoms with Crippen LogP contribution in [0.2, 0.25) is 10.0 Å². The molecule has 2 heterocycles. The van der Waals surface area contributed by atoms with Crippen LogP contribution in [0.3, 0.4) is 0 Å². The molecule has 3 aromatic rings. The molecule has 0 radical (unpaired) electrons. The number of para-hydroxylation sites is 1. The zero-order valence-electron chi connectivity index (χ0n) is 17.9. The van der Waals surface area contributed by atoms with Crippen LogP contribution in [0.4, 0.5) is 5.82 Å². The van der Waals surface area contributed by atoms with E-state index in [1.54, 1.807) is 6.33 Å². The second kappa shape index (κ2) is 9.49. The van der Waals surface area contributed by atoms with Gasteiger partial charge in [0.25, 0.3) is 0 Å². The van der Waals surface area contributed by atoms with Crippen molar-refractivity contribution in [3.8, 4) is 0 Å². The normalized spacial score (nSPS) is 16.9. The van der Waals surface area contributed by atoms with Crippen molar-refractivity contribution in [2.24, 2.45) is 0 Å². The molecule has 4 rings (SSSR count). The Hall–Kier alpha value is -1.97. The third-order valence-corrected chi connectivity index (χ3v) is 8.28. The Labute approximate surface area is 198 Å². The first kappa shape index (κ1) is 23.2. The van der Waals surface area contributed by atoms with Gasteiger partial charge in [0.15, 0.2) is 0 Å². The summed E-state index contributed by atoms with van der Waals surface area (Å²) in [6.07, 6.45) is 1.58. The number of sulfonamides is 1. The van der Waals surface area contributed by atoms with E-state index < -0.39 is 10.0 Å². The van der Waals surface area contributed by atoms with Crippen LogP contribution in [0.5, 0.6) is 0 Å². The number of aromatic nitrogens is 2. The second-order valence-corrected chi connectivity index (χ2v) is 10.8. The maximum Gasteiger partial charge on any atom is 0.243 e. The summed E-state index contributed by atoms with van der Waals surface area (Å²) >= 11 is 11.9. The highest BCUT2D eigenvalue weighted by molar-refractivity contribution is 7.89. The van der Waals surface area contributed by atoms with E-state index in [0.717, 1.165) is 28.8 Å². The number of anilines is 1. The first-order valence-corrected chi connectivity index (χ1v) is 12.6. The zero-order valence-corrected chi connectivity index (χ0v) is 20.3. The molecule has 1 aliphatic rings. The van der Waals surface area contributed by atoms with Gasteiger partial charge in [-0.15, -0.1) is 0 Å². The van der Waals surface area contributed by atoms with Crippen LogP contribution < -0.4 is 5.32 Å². The molecule has 1 unspecified atom stereocenters. The van der Waals surface area contributed by atoms with E-state index in [1.807, 2.05) is 25.1 Å². The summed E-state index contributed by atoms with van der Waals surface area (Å²) in [6.45, 7) is 7.05. The fourth-order valence-corrected chi connectivity index (χ4v) is 5.77. The average Bonchev–Trinajstić information content (AvgIpc) is 2.76. The smallest absolute Gasteiger partial charge is 0.243 e. The van der Waals surface area contributed by atoms with Crippen LogP contribution in [-0.4, -0.2) is 66.4 Å². The van der Waals surface area contributed by atoms with Gasteiger partial charge in [-0.1, -0.05) is 35.3 Å². The number of aryl methyl sites for hydroxylation is 1. The van der Waals surface area contributed by atoms with Crippen LogP contribution in [0, 0.1) is 6.92 Å². The van der Waals surface area contributed by atoms with E-state index in [9.17, 15) is 8.42 Å². The molecule has 0 bridgehead atoms. The lowest BCUT2D eigenvalue weighted by Crippen LogP contribution is -2.50. The molecule has 1 aromatic heterocycles. The Kier molecular flexibility index (Phi) is 6.88. The van der Waals surface area contributed by atoms with E-state index in [0.29, 0.717) is 31.2 Å². The molecule has 0 amide bonds. The van der Waals surface area contributed by atoms with Crippen LogP contribution in [-0.2, 0) is 10.0 Å². The number of hydrogen-bond donors (Lipinski definition) is 1. The SMILES string of the molecule is Cc1cccc2c(NC(C)CN3CCN(S(=O)(=O)c4ccc(Cl)c(Cl)c4)CC3)ncnc12. The number of nitrogens with one attached hydrogen (secondary N) is 1. The summed E-state index contributed by atoms with van der Waals surface area (Å²) in [5.41, 5.74) is 2.05. The van der Waals surface area contributed by atoms with Gasteiger partial charge < -0.3 is 5.32 Å². The molecule has 10 heteroatoms. The Bertz CT molecular complexity index is 1230. The Balaban J connectivity index is 1.37. The lowest BCUT2D eigenvalue weighted by molar-refractivity contribution is 0.184. The summed E-state index contributed by atoms with van der Waals surface area (Å²) in [4.78, 5) is 11.2. The van der Waals surface area contributed by atoms with E-state index in [2.05, 4.69) is 27.1 Å². The monoisotopic (exact) mass is 493 g/mol. The third-order valence-electron chi connectivity index (χ3n) is 5.64. The van der Waals surface area contributed by atoms with E-state index in [4.69, 9.17) is 23.2 Å². The number of piperazine rings is 1. The van der Waals surface area contributed by atoms with Gasteiger partial charge in [0.2, 0.25) is 10.0 Å². The second-order valence-electron chi connectivity index (χ2n) is 8.02. The third kappa shape index (κ3) is 4.84. The van der Waals surface area contributed by atoms with E-state index in [-0.39, 0.29) is 16.0 Å². The number of nitrogens with zero attached hydrogens (tertiary/aromatic N) is 4. The molecular formula is C22H25Cl2N5O2S. The first-order chi connectivity index (χ1) is 15.3. The van der Waals surface area contributed by atoms with Crippen molar-refractivity contribution in [3.05, 3.63) is 58.3 Å². The van der Waals surface area contributed by atoms with Crippen molar-refractivity contribution in [3.63, 3.8) is 0 Å². The predicted octanol–water partition coefficient (Wildman–Crippen LogP) is 4.05. The molecule has 1 N–H and O–H groups in total. The molecule has 1 saturated heterocycles. The highest BCUT2D eigenvalue weighted by Gasteiger charge is 2.29. The first-order valence-electron chi connectivity index (χ1n) is 10.4. The number of hydrogen-bond acceptors (Lipinski definition) is 6. The van der Waals surface area contributed by atoms with Gasteiger partial charge in [0.05, 0.1) is 20.5 Å².